The molecular formula is C9H14N2O4. The van der Waals surface area contributed by atoms with E-state index in [1.54, 1.807) is 11.9 Å². The minimum absolute atomic E-state index is 0.0190. The molecule has 0 aromatic heterocycles. The molecule has 0 radical (unpaired) electrons. The van der Waals surface area contributed by atoms with Crippen molar-refractivity contribution in [2.75, 3.05) is 20.1 Å². The maximum absolute atomic E-state index is 11.4. The summed E-state index contributed by atoms with van der Waals surface area (Å²) in [5.74, 6) is -0.220. The summed E-state index contributed by atoms with van der Waals surface area (Å²) in [6.45, 7) is 2.32. The van der Waals surface area contributed by atoms with Crippen molar-refractivity contribution in [3.63, 3.8) is 0 Å². The quantitative estimate of drug-likeness (QED) is 0.589. The molecule has 0 aliphatic carbocycles. The molecule has 0 aromatic carbocycles. The van der Waals surface area contributed by atoms with Crippen LogP contribution in [0.15, 0.2) is 0 Å². The smallest absolute Gasteiger partial charge is 0.251 e. The third-order valence-corrected chi connectivity index (χ3v) is 2.68. The Morgan fingerprint density at radius 3 is 2.67 bits per heavy atom. The second kappa shape index (κ2) is 3.79. The lowest BCUT2D eigenvalue weighted by Crippen LogP contribution is -2.48. The summed E-state index contributed by atoms with van der Waals surface area (Å²) >= 11 is 0. The highest BCUT2D eigenvalue weighted by Crippen LogP contribution is 2.25. The Morgan fingerprint density at radius 2 is 2.07 bits per heavy atom. The molecule has 2 fully saturated rings. The highest BCUT2D eigenvalue weighted by atomic mass is 16.7. The molecule has 0 aromatic rings. The van der Waals surface area contributed by atoms with Crippen LogP contribution in [0.5, 0.6) is 0 Å². The number of nitrogens with one attached hydrogen (secondary N) is 1. The summed E-state index contributed by atoms with van der Waals surface area (Å²) in [5.41, 5.74) is 0. The van der Waals surface area contributed by atoms with Crippen molar-refractivity contribution in [3.8, 4) is 0 Å². The van der Waals surface area contributed by atoms with Gasteiger partial charge in [0.15, 0.2) is 12.4 Å². The van der Waals surface area contributed by atoms with E-state index in [1.165, 1.54) is 6.92 Å². The minimum Gasteiger partial charge on any atom is -0.357 e. The Bertz CT molecular complexity index is 294. The third kappa shape index (κ3) is 1.82. The van der Waals surface area contributed by atoms with Gasteiger partial charge in [0.1, 0.15) is 6.10 Å². The van der Waals surface area contributed by atoms with E-state index in [9.17, 15) is 9.59 Å². The first-order chi connectivity index (χ1) is 7.11. The molecular weight excluding hydrogens is 200 g/mol. The minimum atomic E-state index is -0.593. The molecule has 2 saturated heterocycles. The van der Waals surface area contributed by atoms with Crippen molar-refractivity contribution in [2.24, 2.45) is 0 Å². The fraction of sp³-hybridized carbons (Fsp3) is 0.778. The molecule has 0 spiro atoms. The first-order valence-corrected chi connectivity index (χ1v) is 4.90. The van der Waals surface area contributed by atoms with Gasteiger partial charge in [-0.1, -0.05) is 0 Å². The Balaban J connectivity index is 2.06. The van der Waals surface area contributed by atoms with Crippen LogP contribution in [0.2, 0.25) is 0 Å². The molecule has 84 valence electrons. The van der Waals surface area contributed by atoms with Crippen molar-refractivity contribution in [1.29, 1.82) is 0 Å². The summed E-state index contributed by atoms with van der Waals surface area (Å²) in [7, 11) is 1.55. The Hall–Kier alpha value is -1.14. The van der Waals surface area contributed by atoms with Gasteiger partial charge in [0.2, 0.25) is 5.91 Å². The van der Waals surface area contributed by atoms with Crippen molar-refractivity contribution < 1.29 is 19.1 Å². The molecule has 2 rings (SSSR count). The Morgan fingerprint density at radius 1 is 1.33 bits per heavy atom. The van der Waals surface area contributed by atoms with E-state index in [1.807, 2.05) is 0 Å². The summed E-state index contributed by atoms with van der Waals surface area (Å²) in [6, 6.07) is 0. The first-order valence-electron chi connectivity index (χ1n) is 4.90. The average molecular weight is 214 g/mol. The van der Waals surface area contributed by atoms with E-state index in [0.717, 1.165) is 0 Å². The Kier molecular flexibility index (Phi) is 2.62. The molecule has 6 nitrogen and oxygen atoms in total. The van der Waals surface area contributed by atoms with Gasteiger partial charge in [-0.05, 0) is 0 Å². The van der Waals surface area contributed by atoms with Gasteiger partial charge in [-0.2, -0.15) is 0 Å². The zero-order valence-electron chi connectivity index (χ0n) is 8.73. The number of amides is 2. The number of hydrogen-bond donors (Lipinski definition) is 1. The van der Waals surface area contributed by atoms with Crippen LogP contribution in [-0.2, 0) is 19.1 Å². The van der Waals surface area contributed by atoms with Crippen LogP contribution in [0.1, 0.15) is 6.92 Å². The molecule has 2 bridgehead atoms. The summed E-state index contributed by atoms with van der Waals surface area (Å²) in [4.78, 5) is 24.2. The molecule has 6 heteroatoms. The highest BCUT2D eigenvalue weighted by Gasteiger charge is 2.46. The van der Waals surface area contributed by atoms with Crippen LogP contribution in [0.25, 0.3) is 0 Å². The van der Waals surface area contributed by atoms with Crippen molar-refractivity contribution in [1.82, 2.24) is 10.2 Å². The molecule has 2 aliphatic heterocycles. The zero-order chi connectivity index (χ0) is 11.0. The van der Waals surface area contributed by atoms with Gasteiger partial charge < -0.3 is 19.7 Å². The van der Waals surface area contributed by atoms with Gasteiger partial charge >= 0.3 is 0 Å². The predicted octanol–water partition coefficient (Wildman–Crippen LogP) is -1.30. The molecule has 3 atom stereocenters. The second-order valence-corrected chi connectivity index (χ2v) is 3.70. The fourth-order valence-corrected chi connectivity index (χ4v) is 1.88. The van der Waals surface area contributed by atoms with Gasteiger partial charge in [0.25, 0.3) is 5.91 Å². The van der Waals surface area contributed by atoms with E-state index in [4.69, 9.17) is 9.47 Å². The van der Waals surface area contributed by atoms with Crippen LogP contribution in [0, 0.1) is 0 Å². The topological polar surface area (TPSA) is 67.9 Å². The van der Waals surface area contributed by atoms with Gasteiger partial charge in [-0.25, -0.2) is 0 Å². The predicted molar refractivity (Wildman–Crippen MR) is 49.9 cm³/mol. The molecule has 2 heterocycles. The molecule has 1 N–H and O–H groups in total. The van der Waals surface area contributed by atoms with E-state index in [2.05, 4.69) is 5.32 Å². The number of carbonyl (C=O) groups excluding carboxylic acids is 2. The molecule has 2 aliphatic rings. The number of likely N-dealkylation sites (N-methyl/N-ethyl adjacent to an activating group) is 1. The lowest BCUT2D eigenvalue weighted by Gasteiger charge is -2.29. The molecule has 2 amide bonds. The lowest BCUT2D eigenvalue weighted by molar-refractivity contribution is -0.148. The fourth-order valence-electron chi connectivity index (χ4n) is 1.88. The van der Waals surface area contributed by atoms with Crippen LogP contribution in [0.4, 0.5) is 0 Å². The normalized spacial score (nSPS) is 34.0. The van der Waals surface area contributed by atoms with Crippen molar-refractivity contribution in [2.45, 2.75) is 25.4 Å². The van der Waals surface area contributed by atoms with E-state index >= 15 is 0 Å². The number of rotatable bonds is 1. The lowest BCUT2D eigenvalue weighted by atomic mass is 10.1. The largest absolute Gasteiger partial charge is 0.357 e. The van der Waals surface area contributed by atoms with Crippen LogP contribution >= 0.6 is 0 Å². The third-order valence-electron chi connectivity index (χ3n) is 2.68. The molecule has 15 heavy (non-hydrogen) atoms. The second-order valence-electron chi connectivity index (χ2n) is 3.70. The van der Waals surface area contributed by atoms with E-state index in [-0.39, 0.29) is 17.9 Å². The van der Waals surface area contributed by atoms with Gasteiger partial charge in [0, 0.05) is 14.0 Å². The first kappa shape index (κ1) is 10.4. The van der Waals surface area contributed by atoms with Gasteiger partial charge in [0.05, 0.1) is 13.1 Å². The van der Waals surface area contributed by atoms with Gasteiger partial charge in [-0.3, -0.25) is 9.59 Å². The number of carbonyl (C=O) groups is 2. The average Bonchev–Trinajstić information content (AvgIpc) is 2.52. The number of hydrogen-bond acceptors (Lipinski definition) is 4. The molecule has 0 unspecified atom stereocenters. The highest BCUT2D eigenvalue weighted by molar-refractivity contribution is 5.81. The number of nitrogens with zero attached hydrogens (tertiary/aromatic N) is 1. The van der Waals surface area contributed by atoms with Gasteiger partial charge in [-0.15, -0.1) is 0 Å². The maximum Gasteiger partial charge on any atom is 0.251 e. The SMILES string of the molecule is CNC(=O)[C@@H]1O[C@@H]2CN(C(C)=O)C[C@H]1O2. The summed E-state index contributed by atoms with van der Waals surface area (Å²) in [5, 5.41) is 2.52. The number of fused-ring (bicyclic) bond motifs is 2. The van der Waals surface area contributed by atoms with E-state index < -0.39 is 12.4 Å². The van der Waals surface area contributed by atoms with Crippen LogP contribution in [-0.4, -0.2) is 55.3 Å². The van der Waals surface area contributed by atoms with Crippen molar-refractivity contribution in [3.05, 3.63) is 0 Å². The van der Waals surface area contributed by atoms with Crippen molar-refractivity contribution >= 4 is 11.8 Å². The zero-order valence-corrected chi connectivity index (χ0v) is 8.73. The van der Waals surface area contributed by atoms with E-state index in [0.29, 0.717) is 13.1 Å². The number of morpholine rings is 1. The molecule has 0 saturated carbocycles. The number of ether oxygens (including phenoxy) is 2. The summed E-state index contributed by atoms with van der Waals surface area (Å²) < 4.78 is 10.8. The van der Waals surface area contributed by atoms with Crippen LogP contribution in [0.3, 0.4) is 0 Å². The Labute approximate surface area is 87.5 Å². The summed E-state index contributed by atoms with van der Waals surface area (Å²) in [6.07, 6.45) is -1.40. The van der Waals surface area contributed by atoms with Crippen LogP contribution < -0.4 is 5.32 Å². The standard InChI is InChI=1S/C9H14N2O4/c1-5(12)11-3-6-8(9(13)10-2)15-7(4-11)14-6/h6-8H,3-4H2,1-2H3,(H,10,13)/t6-,7-,8-/m1/s1. The monoisotopic (exact) mass is 214 g/mol. The maximum atomic E-state index is 11.4.